The predicted octanol–water partition coefficient (Wildman–Crippen LogP) is 22.2. The van der Waals surface area contributed by atoms with Crippen LogP contribution in [-0.4, -0.2) is 43.6 Å². The molecule has 2 aliphatic heterocycles. The van der Waals surface area contributed by atoms with Crippen molar-refractivity contribution in [2.24, 2.45) is 23.7 Å². The molecule has 8 aromatic carbocycles. The van der Waals surface area contributed by atoms with Crippen LogP contribution in [0.2, 0.25) is 0 Å². The zero-order valence-electron chi connectivity index (χ0n) is 71.8. The van der Waals surface area contributed by atoms with Gasteiger partial charge in [0.1, 0.15) is 0 Å². The molecule has 0 radical (unpaired) electrons. The van der Waals surface area contributed by atoms with Gasteiger partial charge in [0.2, 0.25) is 23.6 Å². The molecule has 11 aromatic rings. The number of carbonyl (C=O) groups is 4. The molecule has 10 N–H and O–H groups in total. The van der Waals surface area contributed by atoms with E-state index in [4.69, 9.17) is 9.97 Å². The fourth-order valence-corrected chi connectivity index (χ4v) is 18.1. The number of rotatable bonds is 20. The van der Waals surface area contributed by atoms with E-state index in [1.54, 1.807) is 0 Å². The Morgan fingerprint density at radius 2 is 0.517 bits per heavy atom. The first-order chi connectivity index (χ1) is 57.1. The van der Waals surface area contributed by atoms with Gasteiger partial charge >= 0.3 is 0 Å². The highest BCUT2D eigenvalue weighted by atomic mass is 16.2. The van der Waals surface area contributed by atoms with E-state index in [2.05, 4.69) is 298 Å². The third kappa shape index (κ3) is 15.2. The van der Waals surface area contributed by atoms with E-state index in [9.17, 15) is 19.2 Å². The minimum absolute atomic E-state index is 0.150. The van der Waals surface area contributed by atoms with Crippen molar-refractivity contribution in [3.63, 3.8) is 0 Å². The zero-order chi connectivity index (χ0) is 84.4. The van der Waals surface area contributed by atoms with Crippen molar-refractivity contribution >= 4 is 92.7 Å². The molecular weight excluding hydrogens is 1480 g/mol. The Hall–Kier alpha value is -12.6. The minimum atomic E-state index is -0.363. The third-order valence-corrected chi connectivity index (χ3v) is 26.5. The molecule has 8 bridgehead atoms. The number of nitrogens with zero attached hydrogens (tertiary/aromatic N) is 2. The monoisotopic (exact) mass is 1590 g/mol. The topological polar surface area (TPSA) is 222 Å². The molecule has 120 heavy (non-hydrogen) atoms. The molecule has 0 saturated heterocycles. The number of benzene rings is 8. The van der Waals surface area contributed by atoms with Gasteiger partial charge in [0.05, 0.1) is 45.5 Å². The summed E-state index contributed by atoms with van der Waals surface area (Å²) < 4.78 is 0. The highest BCUT2D eigenvalue weighted by Crippen LogP contribution is 2.58. The molecule has 16 nitrogen and oxygen atoms in total. The second-order valence-corrected chi connectivity index (χ2v) is 39.2. The van der Waals surface area contributed by atoms with Crippen LogP contribution in [-0.2, 0) is 62.5 Å². The summed E-state index contributed by atoms with van der Waals surface area (Å²) in [6.45, 7) is 35.6. The van der Waals surface area contributed by atoms with Crippen LogP contribution in [0, 0.1) is 23.7 Å². The summed E-state index contributed by atoms with van der Waals surface area (Å²) in [7, 11) is 0. The molecule has 17 rings (SSSR count). The van der Waals surface area contributed by atoms with Crippen molar-refractivity contribution in [2.75, 3.05) is 21.7 Å². The first-order valence-corrected chi connectivity index (χ1v) is 42.3. The lowest BCUT2D eigenvalue weighted by Gasteiger charge is -2.26. The number of H-pyrrole nitrogens is 2. The van der Waals surface area contributed by atoms with Crippen LogP contribution in [0.1, 0.15) is 204 Å². The molecule has 0 unspecified atom stereocenters. The number of fused-ring (bicyclic) bond motifs is 8. The van der Waals surface area contributed by atoms with E-state index in [-0.39, 0.29) is 90.6 Å². The van der Waals surface area contributed by atoms with E-state index in [0.29, 0.717) is 104 Å². The molecule has 4 saturated carbocycles. The van der Waals surface area contributed by atoms with Crippen molar-refractivity contribution < 1.29 is 19.2 Å². The van der Waals surface area contributed by atoms with Crippen molar-refractivity contribution in [3.05, 3.63) is 286 Å². The SMILES string of the molecule is CC(C)(C)c1cc(-c2c3nc(c(-c4c(NNC(=O)[C@@H]5C[C@@]5(C)c5ccccc5)cccc4NNC(=O)[C@@H]4C[C@@]4(C)c4ccccc4)c4ccc([nH]4)c(-c4cc(C(C)(C)C)cc(C(C)(C)C)c4)c4nc(c(-c5c(NNC(=O)[C@@H]6C[C@@]6(C)c6ccccc6)cccc5NNC(=O)[C@@H]5C[C@@]5(C)c5ccccc5)c5ccc2[nH]5)C=C4)C=C3)cc(C(C)(C)C)c1. The van der Waals surface area contributed by atoms with Crippen LogP contribution in [0.15, 0.2) is 218 Å². The maximum atomic E-state index is 14.9. The van der Waals surface area contributed by atoms with Crippen LogP contribution in [0.3, 0.4) is 0 Å². The standard InChI is InChI=1S/C104H110N12O4/c1-97(2,3)67-51-61(52-68(55-67)98(4,5)6)87-75-43-47-79(105-75)89(91-83(109-113-93(117)71-57-101(71,13)63-31-21-17-22-32-63)39-29-40-84(91)110-114-94(118)72-58-102(72,14)64-33-23-18-24-34-64)81-49-45-77(107-81)88(62-53-69(99(7,8)9)56-70(54-62)100(10,11)12)78-46-50-82(108-78)90(80-48-44-76(87)106-80)92-85(111-115-95(119)73-59-103(73,15)65-35-25-19-26-36-65)41-30-42-86(92)112-116-96(120)74-60-104(74,16)66-37-27-20-28-38-66/h17-56,71-74,105,108-112H,57-60H2,1-16H3,(H,113,117)(H,114,118)(H,115,119)(H,116,120)/t71-,72-,73-,74-,101-,102-,103-,104-/m0/s1. The third-order valence-electron chi connectivity index (χ3n) is 26.5. The molecule has 610 valence electrons. The largest absolute Gasteiger partial charge is 0.354 e. The maximum Gasteiger partial charge on any atom is 0.242 e. The fourth-order valence-electron chi connectivity index (χ4n) is 18.1. The van der Waals surface area contributed by atoms with Crippen molar-refractivity contribution in [1.82, 2.24) is 41.6 Å². The van der Waals surface area contributed by atoms with Crippen molar-refractivity contribution in [1.29, 1.82) is 0 Å². The highest BCUT2D eigenvalue weighted by Gasteiger charge is 2.58. The van der Waals surface area contributed by atoms with Crippen molar-refractivity contribution in [3.8, 4) is 44.5 Å². The van der Waals surface area contributed by atoms with E-state index in [1.165, 1.54) is 0 Å². The Morgan fingerprint density at radius 3 is 0.750 bits per heavy atom. The van der Waals surface area contributed by atoms with Crippen LogP contribution in [0.5, 0.6) is 0 Å². The number of carbonyl (C=O) groups excluding carboxylic acids is 4. The van der Waals surface area contributed by atoms with Crippen LogP contribution < -0.4 is 43.4 Å². The van der Waals surface area contributed by atoms with Crippen molar-refractivity contribution in [2.45, 2.75) is 180 Å². The summed E-state index contributed by atoms with van der Waals surface area (Å²) in [5, 5.41) is 0. The second-order valence-electron chi connectivity index (χ2n) is 39.2. The van der Waals surface area contributed by atoms with E-state index in [1.807, 2.05) is 109 Å². The Bertz CT molecular complexity index is 5550. The molecule has 3 aromatic heterocycles. The Labute approximate surface area is 704 Å². The number of hydrogen-bond donors (Lipinski definition) is 10. The summed E-state index contributed by atoms with van der Waals surface area (Å²) in [5.41, 5.74) is 46.6. The molecule has 4 amide bonds. The molecule has 6 aliphatic rings. The Kier molecular flexibility index (Phi) is 19.8. The second kappa shape index (κ2) is 29.8. The summed E-state index contributed by atoms with van der Waals surface area (Å²) in [6, 6.07) is 74.9. The van der Waals surface area contributed by atoms with Gasteiger partial charge in [-0.2, -0.15) is 0 Å². The van der Waals surface area contributed by atoms with Gasteiger partial charge in [-0.25, -0.2) is 9.97 Å². The lowest BCUT2D eigenvalue weighted by molar-refractivity contribution is -0.123. The zero-order valence-corrected chi connectivity index (χ0v) is 71.8. The first-order valence-electron chi connectivity index (χ1n) is 42.3. The number of hydrazine groups is 4. The molecule has 5 heterocycles. The quantitative estimate of drug-likeness (QED) is 0.0325. The van der Waals surface area contributed by atoms with Crippen LogP contribution >= 0.6 is 0 Å². The predicted molar refractivity (Wildman–Crippen MR) is 490 cm³/mol. The van der Waals surface area contributed by atoms with Gasteiger partial charge in [0, 0.05) is 101 Å². The number of aromatic nitrogens is 4. The lowest BCUT2D eigenvalue weighted by atomic mass is 9.78. The van der Waals surface area contributed by atoms with Gasteiger partial charge in [0.15, 0.2) is 0 Å². The van der Waals surface area contributed by atoms with Gasteiger partial charge in [-0.3, -0.25) is 62.6 Å². The Morgan fingerprint density at radius 1 is 0.292 bits per heavy atom. The van der Waals surface area contributed by atoms with E-state index >= 15 is 0 Å². The van der Waals surface area contributed by atoms with Gasteiger partial charge < -0.3 is 9.97 Å². The van der Waals surface area contributed by atoms with Gasteiger partial charge in [-0.1, -0.05) is 281 Å². The van der Waals surface area contributed by atoms with Crippen LogP contribution in [0.4, 0.5) is 22.7 Å². The summed E-state index contributed by atoms with van der Waals surface area (Å²) in [5.74, 6) is -1.84. The molecule has 4 aliphatic carbocycles. The number of aromatic amines is 2. The normalized spacial score (nSPS) is 21.4. The smallest absolute Gasteiger partial charge is 0.242 e. The molecular formula is C104H110N12O4. The lowest BCUT2D eigenvalue weighted by Crippen LogP contribution is -2.34. The van der Waals surface area contributed by atoms with E-state index < -0.39 is 0 Å². The van der Waals surface area contributed by atoms with E-state index in [0.717, 1.165) is 77.8 Å². The molecule has 4 fully saturated rings. The first kappa shape index (κ1) is 79.9. The summed E-state index contributed by atoms with van der Waals surface area (Å²) in [4.78, 5) is 79.5. The average Bonchev–Trinajstić information content (AvgIpc) is 1.61. The fraction of sp³-hybridized carbons (Fsp3) is 0.308. The highest BCUT2D eigenvalue weighted by molar-refractivity contribution is 6.07. The van der Waals surface area contributed by atoms with Gasteiger partial charge in [-0.05, 0) is 176 Å². The number of nitrogens with one attached hydrogen (secondary N) is 10. The number of anilines is 4. The summed E-state index contributed by atoms with van der Waals surface area (Å²) >= 11 is 0. The minimum Gasteiger partial charge on any atom is -0.354 e. The summed E-state index contributed by atoms with van der Waals surface area (Å²) in [6.07, 6.45) is 11.0. The number of hydrogen-bond acceptors (Lipinski definition) is 10. The number of amides is 4. The molecule has 16 heteroatoms. The molecule has 8 atom stereocenters. The maximum absolute atomic E-state index is 14.9. The van der Waals surface area contributed by atoms with Crippen LogP contribution in [0.25, 0.3) is 90.9 Å². The average molecular weight is 1590 g/mol. The van der Waals surface area contributed by atoms with Gasteiger partial charge in [-0.15, -0.1) is 0 Å². The van der Waals surface area contributed by atoms with Gasteiger partial charge in [0.25, 0.3) is 0 Å². The Balaban J connectivity index is 0.929. The molecule has 0 spiro atoms.